The average Bonchev–Trinajstić information content (AvgIpc) is 2.78. The number of ether oxygens (including phenoxy) is 1. The van der Waals surface area contributed by atoms with Crippen LogP contribution in [0, 0.1) is 12.3 Å². The van der Waals surface area contributed by atoms with Crippen molar-refractivity contribution in [2.24, 2.45) is 0 Å². The van der Waals surface area contributed by atoms with Gasteiger partial charge >= 0.3 is 0 Å². The number of likely N-dealkylation sites (N-methyl/N-ethyl adjacent to an activating group) is 1. The molecule has 0 spiro atoms. The summed E-state index contributed by atoms with van der Waals surface area (Å²) < 4.78 is 5.83. The van der Waals surface area contributed by atoms with Gasteiger partial charge in [0.2, 0.25) is 0 Å². The molecular weight excluding hydrogens is 198 g/mol. The maximum Gasteiger partial charge on any atom is 0.0830 e. The zero-order valence-electron chi connectivity index (χ0n) is 10.7. The molecule has 1 atom stereocenters. The minimum atomic E-state index is 0.0740. The minimum absolute atomic E-state index is 0.0740. The lowest BCUT2D eigenvalue weighted by Crippen LogP contribution is -2.50. The van der Waals surface area contributed by atoms with Gasteiger partial charge in [0, 0.05) is 19.6 Å². The van der Waals surface area contributed by atoms with E-state index < -0.39 is 0 Å². The number of hydrogen-bond donors (Lipinski definition) is 1. The summed E-state index contributed by atoms with van der Waals surface area (Å²) in [7, 11) is 1.86. The van der Waals surface area contributed by atoms with Crippen molar-refractivity contribution in [3.05, 3.63) is 0 Å². The van der Waals surface area contributed by atoms with Crippen molar-refractivity contribution in [1.82, 2.24) is 5.32 Å². The topological polar surface area (TPSA) is 21.3 Å². The maximum absolute atomic E-state index is 5.83. The van der Waals surface area contributed by atoms with Gasteiger partial charge in [-0.05, 0) is 32.2 Å². The van der Waals surface area contributed by atoms with E-state index >= 15 is 0 Å². The van der Waals surface area contributed by atoms with E-state index in [1.54, 1.807) is 0 Å². The molecule has 0 aromatic heterocycles. The largest absolute Gasteiger partial charge is 0.377 e. The molecule has 1 aliphatic carbocycles. The summed E-state index contributed by atoms with van der Waals surface area (Å²) in [6, 6.07) is 0.471. The summed E-state index contributed by atoms with van der Waals surface area (Å²) in [5, 5.41) is 3.58. The number of nitrogens with one attached hydrogen (secondary N) is 1. The monoisotopic (exact) mass is 223 g/mol. The normalized spacial score (nSPS) is 20.6. The zero-order valence-corrected chi connectivity index (χ0v) is 10.7. The molecule has 1 rings (SSSR count). The number of rotatable bonds is 7. The Morgan fingerprint density at radius 3 is 2.62 bits per heavy atom. The van der Waals surface area contributed by atoms with Crippen LogP contribution in [0.4, 0.5) is 0 Å². The second-order valence-electron chi connectivity index (χ2n) is 4.68. The highest BCUT2D eigenvalue weighted by atomic mass is 16.5. The molecule has 2 nitrogen and oxygen atoms in total. The van der Waals surface area contributed by atoms with Gasteiger partial charge in [0.25, 0.3) is 0 Å². The molecule has 0 aromatic rings. The van der Waals surface area contributed by atoms with E-state index in [9.17, 15) is 0 Å². The Morgan fingerprint density at radius 1 is 1.44 bits per heavy atom. The first kappa shape index (κ1) is 13.5. The molecule has 0 saturated heterocycles. The lowest BCUT2D eigenvalue weighted by Gasteiger charge is -2.37. The Hall–Kier alpha value is -0.520. The van der Waals surface area contributed by atoms with Gasteiger partial charge in [0.05, 0.1) is 5.60 Å². The van der Waals surface area contributed by atoms with E-state index in [4.69, 9.17) is 11.2 Å². The minimum Gasteiger partial charge on any atom is -0.377 e. The fraction of sp³-hybridized carbons (Fsp3) is 0.857. The average molecular weight is 223 g/mol. The van der Waals surface area contributed by atoms with Crippen molar-refractivity contribution in [2.75, 3.05) is 13.7 Å². The van der Waals surface area contributed by atoms with E-state index in [-0.39, 0.29) is 5.60 Å². The third-order valence-corrected chi connectivity index (χ3v) is 3.76. The molecule has 16 heavy (non-hydrogen) atoms. The molecule has 0 amide bonds. The summed E-state index contributed by atoms with van der Waals surface area (Å²) in [4.78, 5) is 0. The van der Waals surface area contributed by atoms with E-state index in [1.807, 2.05) is 7.11 Å². The molecule has 0 aromatic carbocycles. The van der Waals surface area contributed by atoms with Crippen molar-refractivity contribution in [1.29, 1.82) is 0 Å². The van der Waals surface area contributed by atoms with Crippen LogP contribution >= 0.6 is 0 Å². The van der Waals surface area contributed by atoms with Gasteiger partial charge in [0.15, 0.2) is 0 Å². The van der Waals surface area contributed by atoms with Gasteiger partial charge in [-0.3, -0.25) is 0 Å². The fourth-order valence-corrected chi connectivity index (χ4v) is 2.87. The predicted octanol–water partition coefficient (Wildman–Crippen LogP) is 2.73. The molecule has 1 aliphatic rings. The molecule has 1 N–H and O–H groups in total. The van der Waals surface area contributed by atoms with Crippen LogP contribution < -0.4 is 5.32 Å². The highest BCUT2D eigenvalue weighted by molar-refractivity contribution is 4.97. The summed E-state index contributed by atoms with van der Waals surface area (Å²) in [6.07, 6.45) is 13.4. The van der Waals surface area contributed by atoms with Gasteiger partial charge in [0.1, 0.15) is 0 Å². The smallest absolute Gasteiger partial charge is 0.0830 e. The molecule has 0 radical (unpaired) electrons. The van der Waals surface area contributed by atoms with E-state index in [0.29, 0.717) is 6.04 Å². The van der Waals surface area contributed by atoms with Gasteiger partial charge in [-0.15, -0.1) is 12.3 Å². The third kappa shape index (κ3) is 3.23. The molecule has 0 bridgehead atoms. The summed E-state index contributed by atoms with van der Waals surface area (Å²) in [5.41, 5.74) is 0.0740. The van der Waals surface area contributed by atoms with Crippen molar-refractivity contribution in [2.45, 2.75) is 63.5 Å². The van der Waals surface area contributed by atoms with Crippen LogP contribution in [0.5, 0.6) is 0 Å². The van der Waals surface area contributed by atoms with Gasteiger partial charge in [-0.25, -0.2) is 0 Å². The third-order valence-electron chi connectivity index (χ3n) is 3.76. The van der Waals surface area contributed by atoms with Crippen LogP contribution in [0.2, 0.25) is 0 Å². The standard InChI is InChI=1S/C14H25NO/c1-4-6-7-10-13(15-5-2)14(16-3)11-8-9-12-14/h1,13,15H,5-12H2,2-3H3. The second kappa shape index (κ2) is 6.93. The first-order valence-corrected chi connectivity index (χ1v) is 6.51. The Kier molecular flexibility index (Phi) is 5.87. The lowest BCUT2D eigenvalue weighted by atomic mass is 9.88. The summed E-state index contributed by atoms with van der Waals surface area (Å²) in [6.45, 7) is 3.17. The highest BCUT2D eigenvalue weighted by Gasteiger charge is 2.40. The highest BCUT2D eigenvalue weighted by Crippen LogP contribution is 2.37. The van der Waals surface area contributed by atoms with E-state index in [1.165, 1.54) is 25.7 Å². The van der Waals surface area contributed by atoms with Crippen LogP contribution in [-0.4, -0.2) is 25.3 Å². The van der Waals surface area contributed by atoms with Gasteiger partial charge in [-0.1, -0.05) is 19.8 Å². The Labute approximate surface area is 100 Å². The van der Waals surface area contributed by atoms with Gasteiger partial charge < -0.3 is 10.1 Å². The van der Waals surface area contributed by atoms with E-state index in [2.05, 4.69) is 18.2 Å². The SMILES string of the molecule is C#CCCCC(NCC)C1(OC)CCCC1. The van der Waals surface area contributed by atoms with Crippen LogP contribution in [0.25, 0.3) is 0 Å². The molecule has 1 unspecified atom stereocenters. The van der Waals surface area contributed by atoms with Crippen LogP contribution in [0.1, 0.15) is 51.9 Å². The molecule has 1 fully saturated rings. The summed E-state index contributed by atoms with van der Waals surface area (Å²) >= 11 is 0. The number of terminal acetylenes is 1. The van der Waals surface area contributed by atoms with Crippen LogP contribution in [-0.2, 0) is 4.74 Å². The quantitative estimate of drug-likeness (QED) is 0.529. The van der Waals surface area contributed by atoms with Crippen molar-refractivity contribution in [3.8, 4) is 12.3 Å². The zero-order chi connectivity index (χ0) is 11.9. The molecule has 0 aliphatic heterocycles. The Morgan fingerprint density at radius 2 is 2.12 bits per heavy atom. The van der Waals surface area contributed by atoms with Crippen molar-refractivity contribution >= 4 is 0 Å². The van der Waals surface area contributed by atoms with Crippen molar-refractivity contribution < 1.29 is 4.74 Å². The van der Waals surface area contributed by atoms with Crippen LogP contribution in [0.15, 0.2) is 0 Å². The van der Waals surface area contributed by atoms with Gasteiger partial charge in [-0.2, -0.15) is 0 Å². The predicted molar refractivity (Wildman–Crippen MR) is 68.4 cm³/mol. The second-order valence-corrected chi connectivity index (χ2v) is 4.68. The number of hydrogen-bond acceptors (Lipinski definition) is 2. The first-order chi connectivity index (χ1) is 7.79. The first-order valence-electron chi connectivity index (χ1n) is 6.51. The van der Waals surface area contributed by atoms with Crippen LogP contribution in [0.3, 0.4) is 0 Å². The fourth-order valence-electron chi connectivity index (χ4n) is 2.87. The Bertz CT molecular complexity index is 225. The summed E-state index contributed by atoms with van der Waals surface area (Å²) in [5.74, 6) is 2.72. The van der Waals surface area contributed by atoms with Crippen molar-refractivity contribution in [3.63, 3.8) is 0 Å². The maximum atomic E-state index is 5.83. The molecule has 2 heteroatoms. The van der Waals surface area contributed by atoms with E-state index in [0.717, 1.165) is 25.8 Å². The molecule has 0 heterocycles. The number of methoxy groups -OCH3 is 1. The Balaban J connectivity index is 2.55. The molecule has 92 valence electrons. The number of unbranched alkanes of at least 4 members (excludes halogenated alkanes) is 1. The molecule has 1 saturated carbocycles. The lowest BCUT2D eigenvalue weighted by molar-refractivity contribution is -0.0377. The molecular formula is C14H25NO.